The molecule has 2 aliphatic heterocycles. The summed E-state index contributed by atoms with van der Waals surface area (Å²) in [7, 11) is 3.50. The first kappa shape index (κ1) is 31.9. The number of rotatable bonds is 7. The quantitative estimate of drug-likeness (QED) is 0.435. The van der Waals surface area contributed by atoms with Gasteiger partial charge in [-0.1, -0.05) is 38.1 Å². The maximum absolute atomic E-state index is 14.2. The van der Waals surface area contributed by atoms with Crippen molar-refractivity contribution in [2.24, 2.45) is 11.3 Å². The first-order valence-corrected chi connectivity index (χ1v) is 14.9. The second-order valence-electron chi connectivity index (χ2n) is 12.7. The van der Waals surface area contributed by atoms with Gasteiger partial charge in [0, 0.05) is 57.1 Å². The number of carbonyl (C=O) groups is 2. The van der Waals surface area contributed by atoms with Crippen molar-refractivity contribution < 1.29 is 27.9 Å². The Kier molecular flexibility index (Phi) is 9.31. The Morgan fingerprint density at radius 2 is 1.67 bits per heavy atom. The van der Waals surface area contributed by atoms with Gasteiger partial charge in [-0.25, -0.2) is 0 Å². The molecule has 6 nitrogen and oxygen atoms in total. The molecule has 1 atom stereocenters. The molecule has 0 spiro atoms. The van der Waals surface area contributed by atoms with Gasteiger partial charge in [-0.2, -0.15) is 13.2 Å². The first-order valence-electron chi connectivity index (χ1n) is 14.9. The second kappa shape index (κ2) is 12.3. The van der Waals surface area contributed by atoms with Crippen LogP contribution in [0.4, 0.5) is 18.9 Å². The molecule has 2 saturated heterocycles. The summed E-state index contributed by atoms with van der Waals surface area (Å²) in [6.07, 6.45) is -0.452. The molecule has 0 bridgehead atoms. The fraction of sp³-hybridized carbons (Fsp3) is 0.576. The van der Waals surface area contributed by atoms with Gasteiger partial charge in [0.15, 0.2) is 0 Å². The van der Waals surface area contributed by atoms with E-state index in [1.807, 2.05) is 26.0 Å². The van der Waals surface area contributed by atoms with Crippen LogP contribution >= 0.6 is 0 Å². The minimum absolute atomic E-state index is 0.00692. The van der Waals surface area contributed by atoms with E-state index >= 15 is 0 Å². The number of aliphatic hydroxyl groups is 1. The van der Waals surface area contributed by atoms with E-state index in [4.69, 9.17) is 0 Å². The highest BCUT2D eigenvalue weighted by Gasteiger charge is 2.62. The predicted molar refractivity (Wildman–Crippen MR) is 158 cm³/mol. The van der Waals surface area contributed by atoms with Crippen LogP contribution in [0.25, 0.3) is 0 Å². The molecule has 2 heterocycles. The molecule has 9 heteroatoms. The predicted octanol–water partition coefficient (Wildman–Crippen LogP) is 5.94. The molecular formula is C33H44F3N3O3. The van der Waals surface area contributed by atoms with Crippen LogP contribution < -0.4 is 4.90 Å². The summed E-state index contributed by atoms with van der Waals surface area (Å²) < 4.78 is 42.7. The zero-order valence-corrected chi connectivity index (χ0v) is 25.4. The topological polar surface area (TPSA) is 64.1 Å². The summed E-state index contributed by atoms with van der Waals surface area (Å²) in [6, 6.07) is 11.6. The van der Waals surface area contributed by atoms with Gasteiger partial charge in [0.25, 0.3) is 17.4 Å². The molecule has 4 rings (SSSR count). The third kappa shape index (κ3) is 6.46. The van der Waals surface area contributed by atoms with Crippen LogP contribution in [-0.2, 0) is 16.8 Å². The molecule has 0 unspecified atom stereocenters. The lowest BCUT2D eigenvalue weighted by Crippen LogP contribution is -2.57. The monoisotopic (exact) mass is 587 g/mol. The maximum Gasteiger partial charge on any atom is 0.430 e. The molecule has 230 valence electrons. The van der Waals surface area contributed by atoms with E-state index in [1.165, 1.54) is 23.1 Å². The zero-order chi connectivity index (χ0) is 30.9. The summed E-state index contributed by atoms with van der Waals surface area (Å²) in [6.45, 7) is 8.14. The van der Waals surface area contributed by atoms with Crippen LogP contribution in [0.3, 0.4) is 0 Å². The van der Waals surface area contributed by atoms with Crippen molar-refractivity contribution in [3.8, 4) is 0 Å². The van der Waals surface area contributed by atoms with E-state index in [9.17, 15) is 27.9 Å². The molecule has 0 radical (unpaired) electrons. The molecule has 1 N–H and O–H groups in total. The van der Waals surface area contributed by atoms with Gasteiger partial charge in [0.2, 0.25) is 0 Å². The number of piperidine rings is 2. The fourth-order valence-corrected chi connectivity index (χ4v) is 6.52. The smallest absolute Gasteiger partial charge is 0.372 e. The summed E-state index contributed by atoms with van der Waals surface area (Å²) in [5.74, 6) is -0.798. The number of anilines is 1. The molecule has 2 amide bonds. The Bertz CT molecular complexity index is 1280. The normalized spacial score (nSPS) is 19.4. The maximum atomic E-state index is 14.2. The molecule has 2 aromatic rings. The van der Waals surface area contributed by atoms with Crippen molar-refractivity contribution in [2.75, 3.05) is 45.2 Å². The van der Waals surface area contributed by atoms with Crippen molar-refractivity contribution in [1.29, 1.82) is 0 Å². The van der Waals surface area contributed by atoms with Crippen LogP contribution in [0.2, 0.25) is 0 Å². The molecule has 0 saturated carbocycles. The van der Waals surface area contributed by atoms with Crippen LogP contribution in [0.1, 0.15) is 73.0 Å². The summed E-state index contributed by atoms with van der Waals surface area (Å²) in [5.41, 5.74) is -0.652. The third-order valence-corrected chi connectivity index (χ3v) is 9.34. The van der Waals surface area contributed by atoms with Gasteiger partial charge in [0.05, 0.1) is 0 Å². The highest BCUT2D eigenvalue weighted by molar-refractivity contribution is 5.95. The van der Waals surface area contributed by atoms with Crippen molar-refractivity contribution >= 4 is 17.5 Å². The molecule has 2 aromatic carbocycles. The Morgan fingerprint density at radius 3 is 2.21 bits per heavy atom. The third-order valence-electron chi connectivity index (χ3n) is 9.34. The Morgan fingerprint density at radius 1 is 1.02 bits per heavy atom. The van der Waals surface area contributed by atoms with Crippen molar-refractivity contribution in [1.82, 2.24) is 9.80 Å². The average molecular weight is 588 g/mol. The highest BCUT2D eigenvalue weighted by Crippen LogP contribution is 2.44. The van der Waals surface area contributed by atoms with Gasteiger partial charge < -0.3 is 19.8 Å². The molecule has 0 aliphatic carbocycles. The van der Waals surface area contributed by atoms with Gasteiger partial charge in [-0.3, -0.25) is 9.59 Å². The van der Waals surface area contributed by atoms with Crippen molar-refractivity contribution in [3.63, 3.8) is 0 Å². The minimum atomic E-state index is -5.13. The van der Waals surface area contributed by atoms with Crippen LogP contribution in [-0.4, -0.2) is 73.2 Å². The van der Waals surface area contributed by atoms with E-state index in [0.717, 1.165) is 43.6 Å². The number of halogens is 3. The number of carbonyl (C=O) groups excluding carboxylic acids is 2. The largest absolute Gasteiger partial charge is 0.430 e. The number of likely N-dealkylation sites (tertiary alicyclic amines) is 1. The van der Waals surface area contributed by atoms with E-state index < -0.39 is 23.2 Å². The van der Waals surface area contributed by atoms with E-state index in [0.29, 0.717) is 36.3 Å². The summed E-state index contributed by atoms with van der Waals surface area (Å²) in [5, 5.41) is 10.9. The minimum Gasteiger partial charge on any atom is -0.372 e. The lowest BCUT2D eigenvalue weighted by molar-refractivity contribution is -0.262. The number of alkyl halides is 3. The van der Waals surface area contributed by atoms with E-state index in [1.54, 1.807) is 25.1 Å². The molecule has 2 aliphatic rings. The molecule has 2 fully saturated rings. The van der Waals surface area contributed by atoms with E-state index in [2.05, 4.69) is 17.9 Å². The second-order valence-corrected chi connectivity index (χ2v) is 12.7. The zero-order valence-electron chi connectivity index (χ0n) is 25.4. The molecular weight excluding hydrogens is 543 g/mol. The number of hydrogen-bond acceptors (Lipinski definition) is 4. The molecule has 42 heavy (non-hydrogen) atoms. The number of amides is 2. The lowest BCUT2D eigenvalue weighted by atomic mass is 9.71. The Balaban J connectivity index is 1.35. The number of benzene rings is 2. The summed E-state index contributed by atoms with van der Waals surface area (Å²) in [4.78, 5) is 30.8. The SMILES string of the molecule is CCc1cccc([C@@](O)(C(=O)N2CCC(C)(CC3CCN(c4ccc(C(=O)N(C)C)c(C)c4)CC3)CC2)C(F)(F)F)c1. The Labute approximate surface area is 247 Å². The molecule has 0 aromatic heterocycles. The first-order chi connectivity index (χ1) is 19.7. The average Bonchev–Trinajstić information content (AvgIpc) is 2.96. The fourth-order valence-electron chi connectivity index (χ4n) is 6.52. The Hall–Kier alpha value is -3.07. The van der Waals surface area contributed by atoms with Crippen LogP contribution in [0, 0.1) is 18.3 Å². The lowest BCUT2D eigenvalue weighted by Gasteiger charge is -2.45. The highest BCUT2D eigenvalue weighted by atomic mass is 19.4. The standard InChI is InChI=1S/C33H44F3N3O3/c1-6-24-8-7-9-26(21-24)32(42,33(34,35)36)30(41)39-18-14-31(3,15-19-39)22-25-12-16-38(17-13-25)27-10-11-28(23(2)20-27)29(40)37(4)5/h7-11,20-21,25,42H,6,12-19,22H2,1-5H3/t32-/m1/s1. The van der Waals surface area contributed by atoms with Gasteiger partial charge in [0.1, 0.15) is 0 Å². The van der Waals surface area contributed by atoms with Gasteiger partial charge in [-0.15, -0.1) is 0 Å². The van der Waals surface area contributed by atoms with Crippen LogP contribution in [0.5, 0.6) is 0 Å². The number of aryl methyl sites for hydroxylation is 2. The van der Waals surface area contributed by atoms with Crippen LogP contribution in [0.15, 0.2) is 42.5 Å². The number of hydrogen-bond donors (Lipinski definition) is 1. The summed E-state index contributed by atoms with van der Waals surface area (Å²) >= 11 is 0. The van der Waals surface area contributed by atoms with Gasteiger partial charge in [-0.05, 0) is 86.1 Å². The van der Waals surface area contributed by atoms with Crippen molar-refractivity contribution in [2.45, 2.75) is 71.1 Å². The van der Waals surface area contributed by atoms with E-state index in [-0.39, 0.29) is 24.4 Å². The number of nitrogens with zero attached hydrogens (tertiary/aromatic N) is 3. The van der Waals surface area contributed by atoms with Crippen molar-refractivity contribution in [3.05, 3.63) is 64.7 Å². The van der Waals surface area contributed by atoms with Gasteiger partial charge >= 0.3 is 6.18 Å².